The van der Waals surface area contributed by atoms with Crippen LogP contribution < -0.4 is 15.4 Å². The zero-order valence-corrected chi connectivity index (χ0v) is 13.9. The lowest BCUT2D eigenvalue weighted by Crippen LogP contribution is -2.13. The van der Waals surface area contributed by atoms with Crippen molar-refractivity contribution in [3.63, 3.8) is 0 Å². The molecule has 5 nitrogen and oxygen atoms in total. The zero-order valence-electron chi connectivity index (χ0n) is 13.9. The van der Waals surface area contributed by atoms with Gasteiger partial charge < -0.3 is 15.4 Å². The van der Waals surface area contributed by atoms with Crippen molar-refractivity contribution in [3.8, 4) is 5.75 Å². The molecule has 0 saturated carbocycles. The Morgan fingerprint density at radius 1 is 1.04 bits per heavy atom. The lowest BCUT2D eigenvalue weighted by atomic mass is 10.2. The molecule has 3 rings (SSSR count). The standard InChI is InChI=1S/C20H19N3O2/c1-25-18-9-5-8-16(12-18)20(24)23-19-11-10-17(14-22-19)21-13-15-6-3-2-4-7-15/h2-12,14,21H,13H2,1H3,(H,22,23,24). The predicted octanol–water partition coefficient (Wildman–Crippen LogP) is 3.95. The smallest absolute Gasteiger partial charge is 0.256 e. The second-order valence-corrected chi connectivity index (χ2v) is 5.46. The molecule has 3 aromatic rings. The molecule has 2 N–H and O–H groups in total. The molecule has 0 aliphatic heterocycles. The van der Waals surface area contributed by atoms with Gasteiger partial charge in [-0.15, -0.1) is 0 Å². The van der Waals surface area contributed by atoms with Crippen LogP contribution in [0.15, 0.2) is 72.9 Å². The fourth-order valence-electron chi connectivity index (χ4n) is 2.33. The number of carbonyl (C=O) groups is 1. The Morgan fingerprint density at radius 3 is 2.60 bits per heavy atom. The summed E-state index contributed by atoms with van der Waals surface area (Å²) in [4.78, 5) is 16.5. The van der Waals surface area contributed by atoms with Crippen LogP contribution in [0.3, 0.4) is 0 Å². The molecule has 0 fully saturated rings. The highest BCUT2D eigenvalue weighted by atomic mass is 16.5. The number of amides is 1. The van der Waals surface area contributed by atoms with E-state index in [0.29, 0.717) is 17.1 Å². The molecule has 5 heteroatoms. The lowest BCUT2D eigenvalue weighted by molar-refractivity contribution is 0.102. The van der Waals surface area contributed by atoms with Crippen molar-refractivity contribution in [1.82, 2.24) is 4.98 Å². The number of anilines is 2. The first kappa shape index (κ1) is 16.5. The molecular weight excluding hydrogens is 314 g/mol. The number of carbonyl (C=O) groups excluding carboxylic acids is 1. The van der Waals surface area contributed by atoms with Gasteiger partial charge in [0.2, 0.25) is 0 Å². The summed E-state index contributed by atoms with van der Waals surface area (Å²) in [6.45, 7) is 0.720. The number of rotatable bonds is 6. The summed E-state index contributed by atoms with van der Waals surface area (Å²) in [7, 11) is 1.57. The molecule has 25 heavy (non-hydrogen) atoms. The first-order valence-electron chi connectivity index (χ1n) is 7.94. The molecule has 0 bridgehead atoms. The third kappa shape index (κ3) is 4.57. The first-order chi connectivity index (χ1) is 12.2. The van der Waals surface area contributed by atoms with Crippen molar-refractivity contribution in [3.05, 3.63) is 84.1 Å². The summed E-state index contributed by atoms with van der Waals surface area (Å²) in [6, 6.07) is 20.8. The number of methoxy groups -OCH3 is 1. The van der Waals surface area contributed by atoms with E-state index in [1.807, 2.05) is 24.3 Å². The van der Waals surface area contributed by atoms with Gasteiger partial charge in [-0.3, -0.25) is 4.79 Å². The van der Waals surface area contributed by atoms with Crippen molar-refractivity contribution < 1.29 is 9.53 Å². The topological polar surface area (TPSA) is 63.2 Å². The number of nitrogens with zero attached hydrogens (tertiary/aromatic N) is 1. The monoisotopic (exact) mass is 333 g/mol. The first-order valence-corrected chi connectivity index (χ1v) is 7.94. The number of nitrogens with one attached hydrogen (secondary N) is 2. The summed E-state index contributed by atoms with van der Waals surface area (Å²) in [5.41, 5.74) is 2.61. The lowest BCUT2D eigenvalue weighted by Gasteiger charge is -2.08. The van der Waals surface area contributed by atoms with Crippen LogP contribution in [0.25, 0.3) is 0 Å². The number of ether oxygens (including phenoxy) is 1. The molecule has 0 radical (unpaired) electrons. The molecule has 1 aromatic heterocycles. The van der Waals surface area contributed by atoms with Crippen LogP contribution in [0.5, 0.6) is 5.75 Å². The second kappa shape index (κ2) is 7.97. The third-order valence-electron chi connectivity index (χ3n) is 3.68. The molecule has 1 amide bonds. The van der Waals surface area contributed by atoms with Crippen molar-refractivity contribution in [1.29, 1.82) is 0 Å². The normalized spacial score (nSPS) is 10.1. The van der Waals surface area contributed by atoms with Crippen molar-refractivity contribution in [2.75, 3.05) is 17.7 Å². The largest absolute Gasteiger partial charge is 0.497 e. The molecule has 0 unspecified atom stereocenters. The quantitative estimate of drug-likeness (QED) is 0.717. The maximum Gasteiger partial charge on any atom is 0.256 e. The average molecular weight is 333 g/mol. The Morgan fingerprint density at radius 2 is 1.88 bits per heavy atom. The highest BCUT2D eigenvalue weighted by Gasteiger charge is 2.07. The van der Waals surface area contributed by atoms with Crippen LogP contribution in [0, 0.1) is 0 Å². The van der Waals surface area contributed by atoms with E-state index in [1.165, 1.54) is 5.56 Å². The number of aromatic nitrogens is 1. The Labute approximate surface area is 146 Å². The molecule has 0 saturated heterocycles. The van der Waals surface area contributed by atoms with Crippen LogP contribution in [-0.2, 0) is 6.54 Å². The van der Waals surface area contributed by atoms with E-state index in [-0.39, 0.29) is 5.91 Å². The average Bonchev–Trinajstić information content (AvgIpc) is 2.68. The van der Waals surface area contributed by atoms with Gasteiger partial charge >= 0.3 is 0 Å². The summed E-state index contributed by atoms with van der Waals surface area (Å²) < 4.78 is 5.13. The van der Waals surface area contributed by atoms with Gasteiger partial charge in [0, 0.05) is 12.1 Å². The highest BCUT2D eigenvalue weighted by Crippen LogP contribution is 2.15. The van der Waals surface area contributed by atoms with Crippen molar-refractivity contribution in [2.45, 2.75) is 6.54 Å². The maximum absolute atomic E-state index is 12.3. The Hall–Kier alpha value is -3.34. The minimum absolute atomic E-state index is 0.226. The van der Waals surface area contributed by atoms with E-state index < -0.39 is 0 Å². The fourth-order valence-corrected chi connectivity index (χ4v) is 2.33. The molecule has 2 aromatic carbocycles. The van der Waals surface area contributed by atoms with E-state index in [9.17, 15) is 4.79 Å². The zero-order chi connectivity index (χ0) is 17.5. The minimum Gasteiger partial charge on any atom is -0.497 e. The van der Waals surface area contributed by atoms with E-state index in [0.717, 1.165) is 12.2 Å². The summed E-state index contributed by atoms with van der Waals surface area (Å²) in [5.74, 6) is 0.913. The van der Waals surface area contributed by atoms with Gasteiger partial charge in [0.15, 0.2) is 0 Å². The van der Waals surface area contributed by atoms with Gasteiger partial charge in [0.05, 0.1) is 19.0 Å². The fraction of sp³-hybridized carbons (Fsp3) is 0.100. The number of pyridine rings is 1. The van der Waals surface area contributed by atoms with Crippen molar-refractivity contribution >= 4 is 17.4 Å². The van der Waals surface area contributed by atoms with E-state index in [2.05, 4.69) is 27.8 Å². The maximum atomic E-state index is 12.3. The summed E-state index contributed by atoms with van der Waals surface area (Å²) >= 11 is 0. The minimum atomic E-state index is -0.226. The molecule has 1 heterocycles. The van der Waals surface area contributed by atoms with Crippen LogP contribution >= 0.6 is 0 Å². The van der Waals surface area contributed by atoms with Gasteiger partial charge in [-0.1, -0.05) is 36.4 Å². The van der Waals surface area contributed by atoms with Gasteiger partial charge in [-0.25, -0.2) is 4.98 Å². The van der Waals surface area contributed by atoms with Crippen LogP contribution in [0.1, 0.15) is 15.9 Å². The summed E-state index contributed by atoms with van der Waals surface area (Å²) in [6.07, 6.45) is 1.70. The van der Waals surface area contributed by atoms with Crippen LogP contribution in [0.2, 0.25) is 0 Å². The van der Waals surface area contributed by atoms with Crippen LogP contribution in [-0.4, -0.2) is 18.0 Å². The number of hydrogen-bond acceptors (Lipinski definition) is 4. The molecular formula is C20H19N3O2. The Bertz CT molecular complexity index is 833. The van der Waals surface area contributed by atoms with Crippen LogP contribution in [0.4, 0.5) is 11.5 Å². The van der Waals surface area contributed by atoms with Crippen molar-refractivity contribution in [2.24, 2.45) is 0 Å². The molecule has 0 aliphatic rings. The highest BCUT2D eigenvalue weighted by molar-refractivity contribution is 6.04. The van der Waals surface area contributed by atoms with Gasteiger partial charge in [0.1, 0.15) is 11.6 Å². The Kier molecular flexibility index (Phi) is 5.26. The predicted molar refractivity (Wildman–Crippen MR) is 99.0 cm³/mol. The van der Waals surface area contributed by atoms with E-state index in [4.69, 9.17) is 4.74 Å². The second-order valence-electron chi connectivity index (χ2n) is 5.46. The van der Waals surface area contributed by atoms with E-state index >= 15 is 0 Å². The molecule has 0 aliphatic carbocycles. The van der Waals surface area contributed by atoms with Gasteiger partial charge in [-0.05, 0) is 35.9 Å². The summed E-state index contributed by atoms with van der Waals surface area (Å²) in [5, 5.41) is 6.07. The van der Waals surface area contributed by atoms with E-state index in [1.54, 1.807) is 43.6 Å². The number of hydrogen-bond donors (Lipinski definition) is 2. The Balaban J connectivity index is 1.59. The third-order valence-corrected chi connectivity index (χ3v) is 3.68. The van der Waals surface area contributed by atoms with Gasteiger partial charge in [-0.2, -0.15) is 0 Å². The SMILES string of the molecule is COc1cccc(C(=O)Nc2ccc(NCc3ccccc3)cn2)c1. The molecule has 0 atom stereocenters. The van der Waals surface area contributed by atoms with Gasteiger partial charge in [0.25, 0.3) is 5.91 Å². The molecule has 126 valence electrons. The number of benzene rings is 2. The molecule has 0 spiro atoms.